The molecule has 2 aromatic rings. The summed E-state index contributed by atoms with van der Waals surface area (Å²) < 4.78 is 0. The Morgan fingerprint density at radius 1 is 1.12 bits per heavy atom. The van der Waals surface area contributed by atoms with Gasteiger partial charge in [0.2, 0.25) is 0 Å². The van der Waals surface area contributed by atoms with Crippen molar-refractivity contribution >= 4 is 11.6 Å². The Kier molecular flexibility index (Phi) is 2.76. The molecule has 0 aliphatic heterocycles. The van der Waals surface area contributed by atoms with E-state index in [1.807, 2.05) is 30.3 Å². The Morgan fingerprint density at radius 3 is 2.25 bits per heavy atom. The smallest absolute Gasteiger partial charge is 0.134 e. The summed E-state index contributed by atoms with van der Waals surface area (Å²) in [5, 5.41) is 0.608. The van der Waals surface area contributed by atoms with Gasteiger partial charge in [-0.25, -0.2) is 4.98 Å². The van der Waals surface area contributed by atoms with Crippen LogP contribution in [0.4, 0.5) is 0 Å². The zero-order valence-electron chi connectivity index (χ0n) is 9.71. The second kappa shape index (κ2) is 3.95. The van der Waals surface area contributed by atoms with Crippen LogP contribution in [0.25, 0.3) is 11.3 Å². The first-order valence-electron chi connectivity index (χ1n) is 5.30. The molecule has 2 rings (SSSR count). The van der Waals surface area contributed by atoms with Crippen LogP contribution in [0.1, 0.15) is 26.6 Å². The fourth-order valence-electron chi connectivity index (χ4n) is 1.49. The van der Waals surface area contributed by atoms with Gasteiger partial charge in [-0.15, -0.1) is 0 Å². The largest absolute Gasteiger partial charge is 0.332 e. The molecule has 0 aliphatic carbocycles. The molecule has 0 bridgehead atoms. The summed E-state index contributed by atoms with van der Waals surface area (Å²) in [5.41, 5.74) is 1.85. The van der Waals surface area contributed by atoms with Crippen LogP contribution in [0.3, 0.4) is 0 Å². The van der Waals surface area contributed by atoms with Gasteiger partial charge in [-0.3, -0.25) is 0 Å². The van der Waals surface area contributed by atoms with Crippen LogP contribution in [0.2, 0.25) is 5.15 Å². The average molecular weight is 235 g/mol. The number of aromatic nitrogens is 2. The van der Waals surface area contributed by atoms with Crippen molar-refractivity contribution in [1.82, 2.24) is 9.97 Å². The van der Waals surface area contributed by atoms with Crippen molar-refractivity contribution in [1.29, 1.82) is 0 Å². The van der Waals surface area contributed by atoms with Gasteiger partial charge in [0.15, 0.2) is 0 Å². The SMILES string of the molecule is CC(C)(C)c1nc(-c2ccccc2)c(Cl)[nH]1. The Morgan fingerprint density at radius 2 is 1.75 bits per heavy atom. The number of nitrogens with zero attached hydrogens (tertiary/aromatic N) is 1. The van der Waals surface area contributed by atoms with Crippen LogP contribution >= 0.6 is 11.6 Å². The minimum absolute atomic E-state index is 0.0172. The minimum atomic E-state index is -0.0172. The molecule has 0 aliphatic rings. The van der Waals surface area contributed by atoms with Crippen molar-refractivity contribution < 1.29 is 0 Å². The van der Waals surface area contributed by atoms with Gasteiger partial charge < -0.3 is 4.98 Å². The summed E-state index contributed by atoms with van der Waals surface area (Å²) in [7, 11) is 0. The molecule has 1 heterocycles. The Bertz CT molecular complexity index is 480. The van der Waals surface area contributed by atoms with Crippen molar-refractivity contribution in [2.45, 2.75) is 26.2 Å². The van der Waals surface area contributed by atoms with Gasteiger partial charge in [-0.2, -0.15) is 0 Å². The zero-order chi connectivity index (χ0) is 11.8. The van der Waals surface area contributed by atoms with Crippen LogP contribution in [0.15, 0.2) is 30.3 Å². The van der Waals surface area contributed by atoms with Crippen LogP contribution in [0, 0.1) is 0 Å². The molecular weight excluding hydrogens is 220 g/mol. The van der Waals surface area contributed by atoms with Crippen LogP contribution in [-0.2, 0) is 5.41 Å². The molecule has 0 unspecified atom stereocenters. The van der Waals surface area contributed by atoms with Gasteiger partial charge in [0, 0.05) is 11.0 Å². The topological polar surface area (TPSA) is 28.7 Å². The third-order valence-corrected chi connectivity index (χ3v) is 2.69. The normalized spacial score (nSPS) is 11.8. The molecule has 1 N–H and O–H groups in total. The van der Waals surface area contributed by atoms with Crippen molar-refractivity contribution in [2.75, 3.05) is 0 Å². The maximum Gasteiger partial charge on any atom is 0.134 e. The summed E-state index contributed by atoms with van der Waals surface area (Å²) >= 11 is 6.17. The quantitative estimate of drug-likeness (QED) is 0.793. The lowest BCUT2D eigenvalue weighted by Crippen LogP contribution is -2.13. The average Bonchev–Trinajstić information content (AvgIpc) is 2.61. The van der Waals surface area contributed by atoms with Crippen molar-refractivity contribution in [3.63, 3.8) is 0 Å². The molecule has 0 saturated heterocycles. The van der Waals surface area contributed by atoms with Gasteiger partial charge in [-0.05, 0) is 0 Å². The van der Waals surface area contributed by atoms with Gasteiger partial charge in [-0.1, -0.05) is 62.7 Å². The summed E-state index contributed by atoms with van der Waals surface area (Å²) in [6.45, 7) is 6.32. The number of aromatic amines is 1. The molecular formula is C13H15ClN2. The Balaban J connectivity index is 2.48. The highest BCUT2D eigenvalue weighted by molar-refractivity contribution is 6.31. The maximum atomic E-state index is 6.17. The van der Waals surface area contributed by atoms with E-state index >= 15 is 0 Å². The molecule has 1 aromatic heterocycles. The Labute approximate surface area is 101 Å². The van der Waals surface area contributed by atoms with Gasteiger partial charge >= 0.3 is 0 Å². The molecule has 1 aromatic carbocycles. The number of hydrogen-bond acceptors (Lipinski definition) is 1. The molecule has 16 heavy (non-hydrogen) atoms. The maximum absolute atomic E-state index is 6.17. The van der Waals surface area contributed by atoms with E-state index < -0.39 is 0 Å². The van der Waals surface area contributed by atoms with Crippen LogP contribution in [0.5, 0.6) is 0 Å². The fourth-order valence-corrected chi connectivity index (χ4v) is 1.74. The first-order chi connectivity index (χ1) is 7.48. The molecule has 0 amide bonds. The van der Waals surface area contributed by atoms with Crippen molar-refractivity contribution in [3.05, 3.63) is 41.3 Å². The molecule has 0 radical (unpaired) electrons. The molecule has 2 nitrogen and oxygen atoms in total. The summed E-state index contributed by atoms with van der Waals surface area (Å²) in [6, 6.07) is 9.96. The van der Waals surface area contributed by atoms with Gasteiger partial charge in [0.1, 0.15) is 16.7 Å². The number of H-pyrrole nitrogens is 1. The molecule has 3 heteroatoms. The lowest BCUT2D eigenvalue weighted by molar-refractivity contribution is 0.553. The fraction of sp³-hybridized carbons (Fsp3) is 0.308. The van der Waals surface area contributed by atoms with E-state index in [1.54, 1.807) is 0 Å². The molecule has 84 valence electrons. The standard InChI is InChI=1S/C13H15ClN2/c1-13(2,3)12-15-10(11(14)16-12)9-7-5-4-6-8-9/h4-8H,1-3H3,(H,15,16). The second-order valence-electron chi connectivity index (χ2n) is 4.86. The zero-order valence-corrected chi connectivity index (χ0v) is 10.5. The molecule has 0 spiro atoms. The number of halogens is 1. The number of imidazole rings is 1. The first kappa shape index (κ1) is 11.2. The molecule has 0 atom stereocenters. The Hall–Kier alpha value is -1.28. The second-order valence-corrected chi connectivity index (χ2v) is 5.24. The van der Waals surface area contributed by atoms with E-state index in [9.17, 15) is 0 Å². The van der Waals surface area contributed by atoms with E-state index in [0.29, 0.717) is 5.15 Å². The van der Waals surface area contributed by atoms with E-state index in [2.05, 4.69) is 30.7 Å². The summed E-state index contributed by atoms with van der Waals surface area (Å²) in [6.07, 6.45) is 0. The summed E-state index contributed by atoms with van der Waals surface area (Å²) in [5.74, 6) is 0.913. The van der Waals surface area contributed by atoms with Crippen LogP contribution in [-0.4, -0.2) is 9.97 Å². The van der Waals surface area contributed by atoms with E-state index in [0.717, 1.165) is 17.1 Å². The number of hydrogen-bond donors (Lipinski definition) is 1. The van der Waals surface area contributed by atoms with E-state index in [4.69, 9.17) is 11.6 Å². The predicted molar refractivity (Wildman–Crippen MR) is 67.7 cm³/mol. The molecule has 0 saturated carbocycles. The lowest BCUT2D eigenvalue weighted by atomic mass is 9.96. The number of rotatable bonds is 1. The van der Waals surface area contributed by atoms with Gasteiger partial charge in [0.25, 0.3) is 0 Å². The monoisotopic (exact) mass is 234 g/mol. The van der Waals surface area contributed by atoms with Crippen LogP contribution < -0.4 is 0 Å². The van der Waals surface area contributed by atoms with Crippen molar-refractivity contribution in [2.24, 2.45) is 0 Å². The highest BCUT2D eigenvalue weighted by atomic mass is 35.5. The van der Waals surface area contributed by atoms with Gasteiger partial charge in [0.05, 0.1) is 0 Å². The van der Waals surface area contributed by atoms with E-state index in [-0.39, 0.29) is 5.41 Å². The lowest BCUT2D eigenvalue weighted by Gasteiger charge is -2.13. The third-order valence-electron chi connectivity index (χ3n) is 2.42. The van der Waals surface area contributed by atoms with E-state index in [1.165, 1.54) is 0 Å². The molecule has 0 fully saturated rings. The third kappa shape index (κ3) is 2.12. The summed E-state index contributed by atoms with van der Waals surface area (Å²) in [4.78, 5) is 7.70. The predicted octanol–water partition coefficient (Wildman–Crippen LogP) is 4.03. The number of nitrogens with one attached hydrogen (secondary N) is 1. The first-order valence-corrected chi connectivity index (χ1v) is 5.67. The number of benzene rings is 1. The highest BCUT2D eigenvalue weighted by Crippen LogP contribution is 2.29. The van der Waals surface area contributed by atoms with Crippen molar-refractivity contribution in [3.8, 4) is 11.3 Å². The minimum Gasteiger partial charge on any atom is -0.332 e. The highest BCUT2D eigenvalue weighted by Gasteiger charge is 2.20.